The summed E-state index contributed by atoms with van der Waals surface area (Å²) in [7, 11) is -4.93. The van der Waals surface area contributed by atoms with E-state index in [9.17, 15) is 22.3 Å². The van der Waals surface area contributed by atoms with Crippen molar-refractivity contribution in [1.29, 1.82) is 0 Å². The van der Waals surface area contributed by atoms with Gasteiger partial charge in [0.1, 0.15) is 5.60 Å². The molecule has 0 heterocycles. The van der Waals surface area contributed by atoms with Gasteiger partial charge in [-0.3, -0.25) is 0 Å². The quantitative estimate of drug-likeness (QED) is 0.899. The fraction of sp³-hybridized carbons (Fsp3) is 0.647. The molecule has 6 heteroatoms. The van der Waals surface area contributed by atoms with Crippen LogP contribution in [0.15, 0.2) is 35.2 Å². The van der Waals surface area contributed by atoms with Gasteiger partial charge in [0.25, 0.3) is 0 Å². The molecule has 1 N–H and O–H groups in total. The maximum atomic E-state index is 14.7. The minimum absolute atomic E-state index is 0.0467. The molecule has 1 aromatic rings. The van der Waals surface area contributed by atoms with Gasteiger partial charge in [-0.1, -0.05) is 39.0 Å². The lowest BCUT2D eigenvalue weighted by Gasteiger charge is -2.43. The average molecular weight is 346 g/mol. The summed E-state index contributed by atoms with van der Waals surface area (Å²) in [5, 5.41) is 6.25. The highest BCUT2D eigenvalue weighted by atomic mass is 32.2. The molecule has 0 bridgehead atoms. The lowest BCUT2D eigenvalue weighted by Crippen LogP contribution is -2.55. The first kappa shape index (κ1) is 18.3. The molecular weight excluding hydrogens is 322 g/mol. The lowest BCUT2D eigenvalue weighted by atomic mass is 9.68. The van der Waals surface area contributed by atoms with Crippen molar-refractivity contribution >= 4 is 9.84 Å². The Labute approximate surface area is 136 Å². The van der Waals surface area contributed by atoms with Gasteiger partial charge in [0.15, 0.2) is 0 Å². The summed E-state index contributed by atoms with van der Waals surface area (Å²) in [6.45, 7) is 6.09. The largest absolute Gasteiger partial charge is 0.382 e. The Bertz CT molecular complexity index is 640. The van der Waals surface area contributed by atoms with Gasteiger partial charge < -0.3 is 5.11 Å². The standard InChI is InChI=1S/C17H24F2O3S/c1-15(2,3)13-9-11-16(20,12-10-13)17(18,19)23(21,22)14-7-5-4-6-8-14/h4-8,13,20H,9-12H2,1-3H3. The summed E-state index contributed by atoms with van der Waals surface area (Å²) in [4.78, 5) is -0.462. The Kier molecular flexibility index (Phi) is 4.63. The Morgan fingerprint density at radius 1 is 1.09 bits per heavy atom. The van der Waals surface area contributed by atoms with Crippen LogP contribution in [0, 0.1) is 11.3 Å². The third-order valence-corrected chi connectivity index (χ3v) is 6.92. The van der Waals surface area contributed by atoms with Crippen molar-refractivity contribution in [3.63, 3.8) is 0 Å². The van der Waals surface area contributed by atoms with Gasteiger partial charge >= 0.3 is 5.25 Å². The molecule has 0 saturated heterocycles. The zero-order chi connectivity index (χ0) is 17.5. The first-order chi connectivity index (χ1) is 10.4. The molecule has 0 aliphatic heterocycles. The molecule has 1 saturated carbocycles. The Hall–Kier alpha value is -1.01. The molecule has 3 nitrogen and oxygen atoms in total. The van der Waals surface area contributed by atoms with Crippen LogP contribution < -0.4 is 0 Å². The minimum Gasteiger partial charge on any atom is -0.382 e. The average Bonchev–Trinajstić information content (AvgIpc) is 2.47. The first-order valence-corrected chi connectivity index (χ1v) is 9.30. The van der Waals surface area contributed by atoms with Crippen molar-refractivity contribution in [2.75, 3.05) is 0 Å². The molecule has 0 spiro atoms. The molecule has 0 aromatic heterocycles. The normalized spacial score (nSPS) is 27.0. The molecule has 0 unspecified atom stereocenters. The maximum Gasteiger partial charge on any atom is 0.377 e. The molecule has 1 aliphatic carbocycles. The third kappa shape index (κ3) is 3.15. The van der Waals surface area contributed by atoms with E-state index < -0.39 is 25.6 Å². The number of aliphatic hydroxyl groups is 1. The van der Waals surface area contributed by atoms with E-state index >= 15 is 0 Å². The van der Waals surface area contributed by atoms with E-state index in [1.54, 1.807) is 6.07 Å². The second-order valence-corrected chi connectivity index (χ2v) is 9.50. The van der Waals surface area contributed by atoms with Crippen molar-refractivity contribution in [2.24, 2.45) is 11.3 Å². The van der Waals surface area contributed by atoms with Gasteiger partial charge in [0.05, 0.1) is 4.90 Å². The topological polar surface area (TPSA) is 54.4 Å². The molecule has 1 fully saturated rings. The van der Waals surface area contributed by atoms with Crippen LogP contribution in [-0.4, -0.2) is 24.4 Å². The van der Waals surface area contributed by atoms with Gasteiger partial charge in [-0.15, -0.1) is 0 Å². The maximum absolute atomic E-state index is 14.7. The number of hydrogen-bond donors (Lipinski definition) is 1. The van der Waals surface area contributed by atoms with E-state index in [2.05, 4.69) is 0 Å². The van der Waals surface area contributed by atoms with Gasteiger partial charge in [-0.05, 0) is 49.1 Å². The lowest BCUT2D eigenvalue weighted by molar-refractivity contribution is -0.153. The van der Waals surface area contributed by atoms with Crippen LogP contribution in [-0.2, 0) is 9.84 Å². The number of hydrogen-bond acceptors (Lipinski definition) is 3. The van der Waals surface area contributed by atoms with E-state index in [0.29, 0.717) is 12.8 Å². The van der Waals surface area contributed by atoms with E-state index in [4.69, 9.17) is 0 Å². The van der Waals surface area contributed by atoms with Crippen molar-refractivity contribution in [2.45, 2.75) is 62.2 Å². The molecule has 1 aromatic carbocycles. The molecule has 0 amide bonds. The van der Waals surface area contributed by atoms with Crippen molar-refractivity contribution in [3.05, 3.63) is 30.3 Å². The van der Waals surface area contributed by atoms with Crippen LogP contribution in [0.25, 0.3) is 0 Å². The first-order valence-electron chi connectivity index (χ1n) is 7.82. The molecule has 1 aliphatic rings. The highest BCUT2D eigenvalue weighted by Crippen LogP contribution is 2.50. The van der Waals surface area contributed by atoms with Gasteiger partial charge in [0, 0.05) is 0 Å². The van der Waals surface area contributed by atoms with E-state index in [-0.39, 0.29) is 24.2 Å². The highest BCUT2D eigenvalue weighted by Gasteiger charge is 2.63. The van der Waals surface area contributed by atoms with Crippen molar-refractivity contribution in [1.82, 2.24) is 0 Å². The van der Waals surface area contributed by atoms with Crippen molar-refractivity contribution < 1.29 is 22.3 Å². The van der Waals surface area contributed by atoms with Crippen LogP contribution in [0.4, 0.5) is 8.78 Å². The molecule has 130 valence electrons. The Morgan fingerprint density at radius 2 is 1.57 bits per heavy atom. The number of alkyl halides is 2. The fourth-order valence-electron chi connectivity index (χ4n) is 3.25. The van der Waals surface area contributed by atoms with Crippen LogP contribution in [0.1, 0.15) is 46.5 Å². The highest BCUT2D eigenvalue weighted by molar-refractivity contribution is 7.92. The molecule has 0 atom stereocenters. The van der Waals surface area contributed by atoms with Gasteiger partial charge in [-0.2, -0.15) is 8.78 Å². The Balaban J connectivity index is 2.30. The van der Waals surface area contributed by atoms with Gasteiger partial charge in [-0.25, -0.2) is 8.42 Å². The summed E-state index contributed by atoms with van der Waals surface area (Å²) in [6.07, 6.45) is 0.349. The molecule has 23 heavy (non-hydrogen) atoms. The summed E-state index contributed by atoms with van der Waals surface area (Å²) >= 11 is 0. The number of halogens is 2. The second-order valence-electron chi connectivity index (χ2n) is 7.51. The summed E-state index contributed by atoms with van der Waals surface area (Å²) in [6, 6.07) is 6.61. The van der Waals surface area contributed by atoms with E-state index in [1.807, 2.05) is 20.8 Å². The van der Waals surface area contributed by atoms with Crippen LogP contribution in [0.5, 0.6) is 0 Å². The molecule has 2 rings (SSSR count). The summed E-state index contributed by atoms with van der Waals surface area (Å²) in [5.41, 5.74) is -2.56. The number of sulfone groups is 1. The Morgan fingerprint density at radius 3 is 2.00 bits per heavy atom. The van der Waals surface area contributed by atoms with Crippen LogP contribution >= 0.6 is 0 Å². The number of rotatable bonds is 3. The minimum atomic E-state index is -4.93. The zero-order valence-electron chi connectivity index (χ0n) is 13.7. The predicted octanol–water partition coefficient (Wildman–Crippen LogP) is 4.02. The predicted molar refractivity (Wildman–Crippen MR) is 84.9 cm³/mol. The zero-order valence-corrected chi connectivity index (χ0v) is 14.5. The fourth-order valence-corrected chi connectivity index (χ4v) is 4.77. The monoisotopic (exact) mass is 346 g/mol. The molecular formula is C17H24F2O3S. The SMILES string of the molecule is CC(C)(C)C1CCC(O)(C(F)(F)S(=O)(=O)c2ccccc2)CC1. The van der Waals surface area contributed by atoms with Crippen LogP contribution in [0.2, 0.25) is 0 Å². The van der Waals surface area contributed by atoms with E-state index in [1.165, 1.54) is 12.1 Å². The number of benzene rings is 1. The smallest absolute Gasteiger partial charge is 0.377 e. The third-order valence-electron chi connectivity index (χ3n) is 4.97. The van der Waals surface area contributed by atoms with Crippen LogP contribution in [0.3, 0.4) is 0 Å². The summed E-state index contributed by atoms with van der Waals surface area (Å²) in [5.74, 6) is 0.193. The van der Waals surface area contributed by atoms with Gasteiger partial charge in [0.2, 0.25) is 9.84 Å². The summed E-state index contributed by atoms with van der Waals surface area (Å²) < 4.78 is 54.1. The molecule has 0 radical (unpaired) electrons. The second kappa shape index (κ2) is 5.81. The van der Waals surface area contributed by atoms with E-state index in [0.717, 1.165) is 12.1 Å². The van der Waals surface area contributed by atoms with Crippen molar-refractivity contribution in [3.8, 4) is 0 Å².